The molecular formula is C41H52N4O5S. The van der Waals surface area contributed by atoms with Crippen molar-refractivity contribution in [3.63, 3.8) is 0 Å². The highest BCUT2D eigenvalue weighted by atomic mass is 32.2. The van der Waals surface area contributed by atoms with Gasteiger partial charge < -0.3 is 15.0 Å². The average molecular weight is 713 g/mol. The lowest BCUT2D eigenvalue weighted by atomic mass is 9.96. The number of nitrogens with zero attached hydrogens (tertiary/aromatic N) is 2. The van der Waals surface area contributed by atoms with E-state index < -0.39 is 28.0 Å². The number of sulfonamides is 1. The van der Waals surface area contributed by atoms with Crippen LogP contribution in [0.4, 0.5) is 0 Å². The zero-order chi connectivity index (χ0) is 36.7. The van der Waals surface area contributed by atoms with Crippen LogP contribution >= 0.6 is 0 Å². The van der Waals surface area contributed by atoms with Gasteiger partial charge in [-0.05, 0) is 92.3 Å². The van der Waals surface area contributed by atoms with Gasteiger partial charge in [0, 0.05) is 44.6 Å². The molecule has 0 spiro atoms. The van der Waals surface area contributed by atoms with E-state index in [1.807, 2.05) is 44.2 Å². The maximum atomic E-state index is 13.8. The Morgan fingerprint density at radius 3 is 2.16 bits per heavy atom. The Morgan fingerprint density at radius 1 is 0.882 bits per heavy atom. The van der Waals surface area contributed by atoms with Crippen molar-refractivity contribution in [1.29, 1.82) is 0 Å². The maximum absolute atomic E-state index is 13.8. The highest BCUT2D eigenvalue weighted by Gasteiger charge is 2.29. The molecule has 4 atom stereocenters. The summed E-state index contributed by atoms with van der Waals surface area (Å²) in [4.78, 5) is 31.8. The summed E-state index contributed by atoms with van der Waals surface area (Å²) in [6, 6.07) is 26.9. The van der Waals surface area contributed by atoms with Crippen molar-refractivity contribution < 1.29 is 22.7 Å². The largest absolute Gasteiger partial charge is 0.497 e. The second-order valence-electron chi connectivity index (χ2n) is 14.1. The Labute approximate surface area is 303 Å². The molecule has 0 saturated carbocycles. The van der Waals surface area contributed by atoms with Gasteiger partial charge in [0.15, 0.2) is 0 Å². The minimum absolute atomic E-state index is 0.0697. The molecule has 272 valence electrons. The first-order chi connectivity index (χ1) is 24.3. The fraction of sp³-hybridized carbons (Fsp3) is 0.415. The second kappa shape index (κ2) is 16.8. The molecule has 10 heteroatoms. The number of hydrogen-bond donors (Lipinski definition) is 2. The summed E-state index contributed by atoms with van der Waals surface area (Å²) in [6.45, 7) is 9.32. The lowest BCUT2D eigenvalue weighted by Crippen LogP contribution is -2.50. The molecule has 4 aromatic carbocycles. The number of rotatable bonds is 14. The zero-order valence-electron chi connectivity index (χ0n) is 30.6. The van der Waals surface area contributed by atoms with Crippen LogP contribution < -0.4 is 14.8 Å². The van der Waals surface area contributed by atoms with E-state index >= 15 is 0 Å². The summed E-state index contributed by atoms with van der Waals surface area (Å²) in [5.74, 6) is 0.0392. The third-order valence-electron chi connectivity index (χ3n) is 10.2. The van der Waals surface area contributed by atoms with Crippen molar-refractivity contribution in [3.8, 4) is 5.75 Å². The van der Waals surface area contributed by atoms with Crippen LogP contribution in [0.1, 0.15) is 76.1 Å². The van der Waals surface area contributed by atoms with Gasteiger partial charge in [-0.1, -0.05) is 73.2 Å². The van der Waals surface area contributed by atoms with Crippen LogP contribution in [0.15, 0.2) is 95.9 Å². The number of fused-ring (bicyclic) bond motifs is 1. The van der Waals surface area contributed by atoms with Gasteiger partial charge in [-0.3, -0.25) is 14.5 Å². The molecule has 2 N–H and O–H groups in total. The normalized spacial score (nSPS) is 17.9. The monoisotopic (exact) mass is 712 g/mol. The van der Waals surface area contributed by atoms with Gasteiger partial charge in [-0.25, -0.2) is 13.1 Å². The first-order valence-electron chi connectivity index (χ1n) is 17.9. The predicted molar refractivity (Wildman–Crippen MR) is 203 cm³/mol. The molecule has 1 fully saturated rings. The number of piperidine rings is 1. The van der Waals surface area contributed by atoms with Crippen molar-refractivity contribution in [1.82, 2.24) is 19.8 Å². The van der Waals surface area contributed by atoms with E-state index in [1.54, 1.807) is 67.6 Å². The van der Waals surface area contributed by atoms with Crippen LogP contribution in [0, 0.1) is 0 Å². The van der Waals surface area contributed by atoms with Crippen molar-refractivity contribution in [2.45, 2.75) is 101 Å². The number of hydrogen-bond acceptors (Lipinski definition) is 6. The topological polar surface area (TPSA) is 108 Å². The van der Waals surface area contributed by atoms with Crippen LogP contribution in [-0.2, 0) is 32.6 Å². The van der Waals surface area contributed by atoms with Crippen LogP contribution in [0.5, 0.6) is 5.75 Å². The number of methoxy groups -OCH3 is 1. The Kier molecular flexibility index (Phi) is 12.5. The Morgan fingerprint density at radius 2 is 1.51 bits per heavy atom. The molecule has 9 nitrogen and oxygen atoms in total. The number of carbonyl (C=O) groups is 2. The highest BCUT2D eigenvalue weighted by Crippen LogP contribution is 2.27. The van der Waals surface area contributed by atoms with Crippen molar-refractivity contribution in [2.24, 2.45) is 0 Å². The molecule has 2 unspecified atom stereocenters. The van der Waals surface area contributed by atoms with E-state index in [0.29, 0.717) is 29.8 Å². The van der Waals surface area contributed by atoms with E-state index in [1.165, 1.54) is 24.8 Å². The van der Waals surface area contributed by atoms with Crippen molar-refractivity contribution in [3.05, 3.63) is 108 Å². The standard InChI is InChI=1S/C41H52N4O5S/c1-28(2)44(5)41(47)39(23-31-15-17-32(18-16-31)27-45-29(3)11-10-12-30(45)4)42-40(46)26-38(33-13-8-7-9-14-33)43-51(48,49)37-22-20-34-24-36(50-6)21-19-35(34)25-37/h7-9,13-22,24-25,28-30,38-39,43H,10-12,23,26-27H2,1-6H3,(H,42,46)/t29?,30?,38-,39+/m0/s1. The number of carbonyl (C=O) groups excluding carboxylic acids is 2. The number of nitrogens with one attached hydrogen (secondary N) is 2. The van der Waals surface area contributed by atoms with E-state index in [-0.39, 0.29) is 23.3 Å². The van der Waals surface area contributed by atoms with Gasteiger partial charge in [0.05, 0.1) is 18.0 Å². The van der Waals surface area contributed by atoms with Crippen LogP contribution in [-0.4, -0.2) is 68.4 Å². The fourth-order valence-electron chi connectivity index (χ4n) is 6.82. The van der Waals surface area contributed by atoms with Gasteiger partial charge in [-0.15, -0.1) is 0 Å². The smallest absolute Gasteiger partial charge is 0.245 e. The molecular weight excluding hydrogens is 661 g/mol. The average Bonchev–Trinajstić information content (AvgIpc) is 3.12. The lowest BCUT2D eigenvalue weighted by Gasteiger charge is -2.39. The number of amides is 2. The SMILES string of the molecule is COc1ccc2cc(S(=O)(=O)N[C@@H](CC(=O)N[C@H](Cc3ccc(CN4C(C)CCCC4C)cc3)C(=O)N(C)C(C)C)c3ccccc3)ccc2c1. The summed E-state index contributed by atoms with van der Waals surface area (Å²) in [5.41, 5.74) is 2.79. The maximum Gasteiger partial charge on any atom is 0.245 e. The summed E-state index contributed by atoms with van der Waals surface area (Å²) >= 11 is 0. The van der Waals surface area contributed by atoms with Gasteiger partial charge in [0.1, 0.15) is 11.8 Å². The van der Waals surface area contributed by atoms with Crippen molar-refractivity contribution in [2.75, 3.05) is 14.2 Å². The van der Waals surface area contributed by atoms with Crippen molar-refractivity contribution >= 4 is 32.6 Å². The molecule has 51 heavy (non-hydrogen) atoms. The van der Waals surface area contributed by atoms with E-state index in [0.717, 1.165) is 22.9 Å². The molecule has 2 amide bonds. The van der Waals surface area contributed by atoms with Gasteiger partial charge in [-0.2, -0.15) is 0 Å². The molecule has 4 aromatic rings. The van der Waals surface area contributed by atoms with E-state index in [9.17, 15) is 18.0 Å². The third-order valence-corrected chi connectivity index (χ3v) is 11.6. The van der Waals surface area contributed by atoms with Crippen LogP contribution in [0.2, 0.25) is 0 Å². The molecule has 1 aliphatic heterocycles. The summed E-state index contributed by atoms with van der Waals surface area (Å²) in [7, 11) is -0.725. The third kappa shape index (κ3) is 9.75. The molecule has 0 aromatic heterocycles. The first kappa shape index (κ1) is 38.0. The predicted octanol–water partition coefficient (Wildman–Crippen LogP) is 6.62. The minimum Gasteiger partial charge on any atom is -0.497 e. The molecule has 1 heterocycles. The minimum atomic E-state index is -4.04. The lowest BCUT2D eigenvalue weighted by molar-refractivity contribution is -0.136. The molecule has 1 aliphatic rings. The molecule has 0 bridgehead atoms. The van der Waals surface area contributed by atoms with Gasteiger partial charge >= 0.3 is 0 Å². The Hall–Kier alpha value is -4.25. The Balaban J connectivity index is 1.33. The molecule has 0 radical (unpaired) electrons. The number of likely N-dealkylation sites (tertiary alicyclic amines) is 1. The van der Waals surface area contributed by atoms with Crippen LogP contribution in [0.3, 0.4) is 0 Å². The number of benzene rings is 4. The zero-order valence-corrected chi connectivity index (χ0v) is 31.5. The molecule has 5 rings (SSSR count). The van der Waals surface area contributed by atoms with E-state index in [4.69, 9.17) is 4.74 Å². The van der Waals surface area contributed by atoms with Gasteiger partial charge in [0.25, 0.3) is 0 Å². The highest BCUT2D eigenvalue weighted by molar-refractivity contribution is 7.89. The first-order valence-corrected chi connectivity index (χ1v) is 19.4. The van der Waals surface area contributed by atoms with E-state index in [2.05, 4.69) is 40.9 Å². The van der Waals surface area contributed by atoms with Crippen LogP contribution in [0.25, 0.3) is 10.8 Å². The second-order valence-corrected chi connectivity index (χ2v) is 15.9. The van der Waals surface area contributed by atoms with Gasteiger partial charge in [0.2, 0.25) is 21.8 Å². The summed E-state index contributed by atoms with van der Waals surface area (Å²) in [6.07, 6.45) is 3.79. The quantitative estimate of drug-likeness (QED) is 0.152. The summed E-state index contributed by atoms with van der Waals surface area (Å²) in [5, 5.41) is 4.55. The molecule has 0 aliphatic carbocycles. The fourth-order valence-corrected chi connectivity index (χ4v) is 8.08. The Bertz CT molecular complexity index is 1890. The number of likely N-dealkylation sites (N-methyl/N-ethyl adjacent to an activating group) is 1. The summed E-state index contributed by atoms with van der Waals surface area (Å²) < 4.78 is 35.6. The molecule has 1 saturated heterocycles. The number of ether oxygens (including phenoxy) is 1.